The van der Waals surface area contributed by atoms with Crippen LogP contribution in [0.5, 0.6) is 0 Å². The summed E-state index contributed by atoms with van der Waals surface area (Å²) in [7, 11) is 1.52. The lowest BCUT2D eigenvalue weighted by Crippen LogP contribution is -2.12. The third-order valence-corrected chi connectivity index (χ3v) is 4.84. The molecule has 0 aliphatic heterocycles. The van der Waals surface area contributed by atoms with E-state index in [0.29, 0.717) is 39.2 Å². The summed E-state index contributed by atoms with van der Waals surface area (Å²) in [6.07, 6.45) is -4.53. The van der Waals surface area contributed by atoms with Crippen LogP contribution >= 0.6 is 0 Å². The lowest BCUT2D eigenvalue weighted by Gasteiger charge is -2.15. The van der Waals surface area contributed by atoms with Crippen LogP contribution in [0.25, 0.3) is 33.3 Å². The Kier molecular flexibility index (Phi) is 3.95. The monoisotopic (exact) mass is 387 g/mol. The molecule has 4 aromatic rings. The van der Waals surface area contributed by atoms with Crippen LogP contribution in [-0.2, 0) is 13.2 Å². The predicted octanol–water partition coefficient (Wildman–Crippen LogP) is 4.82. The lowest BCUT2D eigenvalue weighted by molar-refractivity contribution is -0.137. The minimum atomic E-state index is -4.53. The molecule has 5 nitrogen and oxygen atoms in total. The van der Waals surface area contributed by atoms with Crippen LogP contribution in [0.1, 0.15) is 17.0 Å². The summed E-state index contributed by atoms with van der Waals surface area (Å²) in [6.45, 7) is 3.49. The highest BCUT2D eigenvalue weighted by Crippen LogP contribution is 2.41. The van der Waals surface area contributed by atoms with E-state index in [0.717, 1.165) is 6.07 Å². The van der Waals surface area contributed by atoms with Gasteiger partial charge in [0.15, 0.2) is 0 Å². The molecule has 0 spiro atoms. The van der Waals surface area contributed by atoms with Crippen LogP contribution in [0.15, 0.2) is 45.7 Å². The maximum absolute atomic E-state index is 13.6. The van der Waals surface area contributed by atoms with Gasteiger partial charge < -0.3 is 9.51 Å². The second kappa shape index (κ2) is 6.12. The highest BCUT2D eigenvalue weighted by molar-refractivity contribution is 5.97. The first kappa shape index (κ1) is 18.1. The van der Waals surface area contributed by atoms with Crippen molar-refractivity contribution < 1.29 is 17.7 Å². The summed E-state index contributed by atoms with van der Waals surface area (Å²) in [5.41, 5.74) is 1.91. The number of aromatic nitrogens is 3. The van der Waals surface area contributed by atoms with Gasteiger partial charge >= 0.3 is 11.9 Å². The number of alkyl halides is 3. The van der Waals surface area contributed by atoms with E-state index in [1.54, 1.807) is 32.0 Å². The Morgan fingerprint density at radius 3 is 2.46 bits per heavy atom. The Hall–Kier alpha value is -3.29. The molecule has 0 aliphatic carbocycles. The van der Waals surface area contributed by atoms with Gasteiger partial charge in [0.2, 0.25) is 0 Å². The number of nitrogens with one attached hydrogen (secondary N) is 1. The van der Waals surface area contributed by atoms with Gasteiger partial charge in [-0.2, -0.15) is 13.2 Å². The largest absolute Gasteiger partial charge is 0.417 e. The Balaban J connectivity index is 2.13. The minimum Gasteiger partial charge on any atom is -0.361 e. The Morgan fingerprint density at radius 1 is 1.11 bits per heavy atom. The lowest BCUT2D eigenvalue weighted by atomic mass is 9.93. The maximum atomic E-state index is 13.6. The molecule has 0 unspecified atom stereocenters. The molecule has 0 fully saturated rings. The molecule has 2 aromatic heterocycles. The van der Waals surface area contributed by atoms with Gasteiger partial charge in [0.25, 0.3) is 0 Å². The number of aryl methyl sites for hydroxylation is 3. The first-order valence-electron chi connectivity index (χ1n) is 8.51. The van der Waals surface area contributed by atoms with E-state index >= 15 is 0 Å². The van der Waals surface area contributed by atoms with Gasteiger partial charge in [0.05, 0.1) is 22.3 Å². The van der Waals surface area contributed by atoms with Crippen LogP contribution in [-0.4, -0.2) is 14.7 Å². The zero-order valence-electron chi connectivity index (χ0n) is 15.3. The topological polar surface area (TPSA) is 63.8 Å². The van der Waals surface area contributed by atoms with Gasteiger partial charge in [-0.05, 0) is 43.2 Å². The van der Waals surface area contributed by atoms with Crippen LogP contribution in [0.2, 0.25) is 0 Å². The minimum absolute atomic E-state index is 0.00297. The van der Waals surface area contributed by atoms with E-state index in [-0.39, 0.29) is 5.56 Å². The van der Waals surface area contributed by atoms with Crippen molar-refractivity contribution in [2.24, 2.45) is 7.05 Å². The van der Waals surface area contributed by atoms with Gasteiger partial charge in [-0.15, -0.1) is 0 Å². The maximum Gasteiger partial charge on any atom is 0.417 e. The van der Waals surface area contributed by atoms with Crippen molar-refractivity contribution >= 4 is 11.0 Å². The van der Waals surface area contributed by atoms with Gasteiger partial charge in [-0.3, -0.25) is 4.57 Å². The number of imidazole rings is 1. The van der Waals surface area contributed by atoms with Crippen LogP contribution in [0.4, 0.5) is 13.2 Å². The zero-order chi connectivity index (χ0) is 20.2. The Bertz CT molecular complexity index is 1240. The zero-order valence-corrected chi connectivity index (χ0v) is 15.3. The highest BCUT2D eigenvalue weighted by Gasteiger charge is 2.34. The molecule has 144 valence electrons. The van der Waals surface area contributed by atoms with Crippen molar-refractivity contribution in [1.29, 1.82) is 0 Å². The molecule has 0 radical (unpaired) electrons. The number of halogens is 3. The third kappa shape index (κ3) is 2.72. The van der Waals surface area contributed by atoms with Gasteiger partial charge in [0.1, 0.15) is 5.76 Å². The first-order valence-corrected chi connectivity index (χ1v) is 8.51. The second-order valence-corrected chi connectivity index (χ2v) is 6.65. The fourth-order valence-electron chi connectivity index (χ4n) is 3.60. The third-order valence-electron chi connectivity index (χ3n) is 4.84. The summed E-state index contributed by atoms with van der Waals surface area (Å²) < 4.78 is 47.4. The SMILES string of the molecule is Cc1noc(C)c1-c1cc(-c2ccccc2C(F)(F)F)c2c(c1)[nH]c(=O)n2C. The summed E-state index contributed by atoms with van der Waals surface area (Å²) >= 11 is 0. The highest BCUT2D eigenvalue weighted by atomic mass is 19.4. The van der Waals surface area contributed by atoms with Crippen molar-refractivity contribution in [1.82, 2.24) is 14.7 Å². The van der Waals surface area contributed by atoms with Crippen molar-refractivity contribution in [3.05, 3.63) is 63.9 Å². The fourth-order valence-corrected chi connectivity index (χ4v) is 3.60. The predicted molar refractivity (Wildman–Crippen MR) is 98.9 cm³/mol. The van der Waals surface area contributed by atoms with Crippen LogP contribution in [0, 0.1) is 13.8 Å². The molecular formula is C20H16F3N3O2. The number of nitrogens with zero attached hydrogens (tertiary/aromatic N) is 2. The van der Waals surface area contributed by atoms with E-state index in [1.165, 1.54) is 23.7 Å². The van der Waals surface area contributed by atoms with Crippen molar-refractivity contribution in [3.63, 3.8) is 0 Å². The number of benzene rings is 2. The quantitative estimate of drug-likeness (QED) is 0.536. The van der Waals surface area contributed by atoms with Gasteiger partial charge in [-0.25, -0.2) is 4.79 Å². The van der Waals surface area contributed by atoms with Crippen LogP contribution < -0.4 is 5.69 Å². The number of hydrogen-bond donors (Lipinski definition) is 1. The number of aromatic amines is 1. The second-order valence-electron chi connectivity index (χ2n) is 6.65. The molecule has 28 heavy (non-hydrogen) atoms. The number of H-pyrrole nitrogens is 1. The number of hydrogen-bond acceptors (Lipinski definition) is 3. The normalized spacial score (nSPS) is 12.1. The molecule has 1 N–H and O–H groups in total. The molecule has 2 heterocycles. The van der Waals surface area contributed by atoms with Gasteiger partial charge in [0, 0.05) is 18.2 Å². The average Bonchev–Trinajstić information content (AvgIpc) is 3.12. The van der Waals surface area contributed by atoms with E-state index in [2.05, 4.69) is 10.1 Å². The molecule has 0 aliphatic rings. The van der Waals surface area contributed by atoms with E-state index in [4.69, 9.17) is 4.52 Å². The molecule has 0 bridgehead atoms. The Morgan fingerprint density at radius 2 is 1.82 bits per heavy atom. The summed E-state index contributed by atoms with van der Waals surface area (Å²) in [4.78, 5) is 14.9. The van der Waals surface area contributed by atoms with E-state index in [9.17, 15) is 18.0 Å². The van der Waals surface area contributed by atoms with Crippen molar-refractivity contribution in [3.8, 4) is 22.3 Å². The summed E-state index contributed by atoms with van der Waals surface area (Å²) in [5.74, 6) is 0.546. The molecule has 0 saturated heterocycles. The fraction of sp³-hybridized carbons (Fsp3) is 0.200. The summed E-state index contributed by atoms with van der Waals surface area (Å²) in [6, 6.07) is 8.71. The summed E-state index contributed by atoms with van der Waals surface area (Å²) in [5, 5.41) is 3.92. The average molecular weight is 387 g/mol. The number of rotatable bonds is 2. The molecule has 4 rings (SSSR count). The molecular weight excluding hydrogens is 371 g/mol. The molecule has 0 saturated carbocycles. The first-order chi connectivity index (χ1) is 13.2. The standard InChI is InChI=1S/C20H16F3N3O2/c1-10-17(11(2)28-25-10)12-8-14(18-16(9-12)24-19(27)26(18)3)13-6-4-5-7-15(13)20(21,22)23/h4-9H,1-3H3,(H,24,27). The molecule has 2 aromatic carbocycles. The molecule has 8 heteroatoms. The van der Waals surface area contributed by atoms with E-state index in [1.807, 2.05) is 0 Å². The Labute approximate surface area is 157 Å². The van der Waals surface area contributed by atoms with Crippen molar-refractivity contribution in [2.75, 3.05) is 0 Å². The van der Waals surface area contributed by atoms with E-state index < -0.39 is 17.4 Å². The molecule has 0 atom stereocenters. The smallest absolute Gasteiger partial charge is 0.361 e. The van der Waals surface area contributed by atoms with Crippen molar-refractivity contribution in [2.45, 2.75) is 20.0 Å². The van der Waals surface area contributed by atoms with Gasteiger partial charge in [-0.1, -0.05) is 23.4 Å². The molecule has 0 amide bonds. The van der Waals surface area contributed by atoms with Crippen LogP contribution in [0.3, 0.4) is 0 Å². The number of fused-ring (bicyclic) bond motifs is 1.